The van der Waals surface area contributed by atoms with E-state index in [0.717, 1.165) is 6.07 Å². The van der Waals surface area contributed by atoms with Gasteiger partial charge in [0.15, 0.2) is 17.4 Å². The minimum Gasteiger partial charge on any atom is -0.288 e. The summed E-state index contributed by atoms with van der Waals surface area (Å²) in [5, 5.41) is 0.415. The van der Waals surface area contributed by atoms with Gasteiger partial charge in [-0.05, 0) is 30.7 Å². The molecular weight excluding hydrogens is 258 g/mol. The van der Waals surface area contributed by atoms with Crippen LogP contribution in [-0.4, -0.2) is 5.78 Å². The fourth-order valence-electron chi connectivity index (χ4n) is 1.68. The maximum atomic E-state index is 13.5. The van der Waals surface area contributed by atoms with E-state index >= 15 is 0 Å². The molecule has 0 saturated heterocycles. The van der Waals surface area contributed by atoms with Crippen LogP contribution in [0, 0.1) is 18.6 Å². The highest BCUT2D eigenvalue weighted by Crippen LogP contribution is 2.23. The maximum Gasteiger partial charge on any atom is 0.196 e. The minimum atomic E-state index is -1.14. The Morgan fingerprint density at radius 3 is 2.39 bits per heavy atom. The quantitative estimate of drug-likeness (QED) is 0.746. The van der Waals surface area contributed by atoms with Crippen molar-refractivity contribution in [3.05, 3.63) is 69.7 Å². The van der Waals surface area contributed by atoms with Crippen molar-refractivity contribution in [3.63, 3.8) is 0 Å². The molecule has 0 radical (unpaired) electrons. The van der Waals surface area contributed by atoms with Crippen molar-refractivity contribution in [3.8, 4) is 0 Å². The van der Waals surface area contributed by atoms with Crippen molar-refractivity contribution in [2.75, 3.05) is 0 Å². The first-order chi connectivity index (χ1) is 8.52. The molecule has 0 aliphatic heterocycles. The average molecular weight is 267 g/mol. The van der Waals surface area contributed by atoms with Crippen molar-refractivity contribution in [1.29, 1.82) is 0 Å². The van der Waals surface area contributed by atoms with E-state index in [4.69, 9.17) is 11.6 Å². The van der Waals surface area contributed by atoms with Crippen LogP contribution in [0.5, 0.6) is 0 Å². The van der Waals surface area contributed by atoms with E-state index in [2.05, 4.69) is 0 Å². The van der Waals surface area contributed by atoms with Crippen LogP contribution in [0.2, 0.25) is 5.02 Å². The molecule has 92 valence electrons. The monoisotopic (exact) mass is 266 g/mol. The molecule has 0 N–H and O–H groups in total. The highest BCUT2D eigenvalue weighted by Gasteiger charge is 2.18. The predicted octanol–water partition coefficient (Wildman–Crippen LogP) is 4.16. The van der Waals surface area contributed by atoms with Crippen molar-refractivity contribution in [2.45, 2.75) is 6.92 Å². The fraction of sp³-hybridized carbons (Fsp3) is 0.0714. The molecule has 2 aromatic rings. The van der Waals surface area contributed by atoms with Crippen LogP contribution in [0.4, 0.5) is 8.78 Å². The molecule has 0 heterocycles. The molecule has 0 aromatic heterocycles. The van der Waals surface area contributed by atoms with Gasteiger partial charge in [-0.1, -0.05) is 29.8 Å². The Hall–Kier alpha value is -1.74. The summed E-state index contributed by atoms with van der Waals surface area (Å²) in [5.74, 6) is -2.76. The molecule has 0 amide bonds. The summed E-state index contributed by atoms with van der Waals surface area (Å²) in [7, 11) is 0. The largest absolute Gasteiger partial charge is 0.288 e. The van der Waals surface area contributed by atoms with Crippen molar-refractivity contribution >= 4 is 17.4 Å². The lowest BCUT2D eigenvalue weighted by atomic mass is 9.98. The Balaban J connectivity index is 2.55. The molecule has 0 aliphatic rings. The minimum absolute atomic E-state index is 0.270. The highest BCUT2D eigenvalue weighted by molar-refractivity contribution is 6.32. The van der Waals surface area contributed by atoms with E-state index in [1.165, 1.54) is 18.2 Å². The Labute approximate surface area is 108 Å². The van der Waals surface area contributed by atoms with Crippen LogP contribution in [0.3, 0.4) is 0 Å². The van der Waals surface area contributed by atoms with E-state index in [1.807, 2.05) is 0 Å². The lowest BCUT2D eigenvalue weighted by Crippen LogP contribution is -2.07. The first-order valence-corrected chi connectivity index (χ1v) is 5.64. The van der Waals surface area contributed by atoms with E-state index in [0.29, 0.717) is 10.6 Å². The van der Waals surface area contributed by atoms with Gasteiger partial charge in [0.2, 0.25) is 0 Å². The highest BCUT2D eigenvalue weighted by atomic mass is 35.5. The normalized spacial score (nSPS) is 10.4. The molecular formula is C14H9ClF2O. The van der Waals surface area contributed by atoms with Gasteiger partial charge in [0.1, 0.15) is 0 Å². The molecule has 4 heteroatoms. The molecule has 0 spiro atoms. The third-order valence-electron chi connectivity index (χ3n) is 2.71. The van der Waals surface area contributed by atoms with Crippen LogP contribution < -0.4 is 0 Å². The molecule has 0 fully saturated rings. The molecule has 1 nitrogen and oxygen atoms in total. The number of carbonyl (C=O) groups excluding carboxylic acids is 1. The van der Waals surface area contributed by atoms with Gasteiger partial charge in [-0.3, -0.25) is 4.79 Å². The van der Waals surface area contributed by atoms with Crippen molar-refractivity contribution < 1.29 is 13.6 Å². The summed E-state index contributed by atoms with van der Waals surface area (Å²) >= 11 is 5.90. The first kappa shape index (κ1) is 12.7. The SMILES string of the molecule is Cc1c(Cl)cccc1C(=O)c1cccc(F)c1F. The molecule has 0 aliphatic carbocycles. The smallest absolute Gasteiger partial charge is 0.196 e. The summed E-state index contributed by atoms with van der Waals surface area (Å²) < 4.78 is 26.6. The van der Waals surface area contributed by atoms with Gasteiger partial charge in [-0.2, -0.15) is 0 Å². The molecule has 0 bridgehead atoms. The fourth-order valence-corrected chi connectivity index (χ4v) is 1.85. The van der Waals surface area contributed by atoms with Crippen LogP contribution in [0.25, 0.3) is 0 Å². The van der Waals surface area contributed by atoms with Crippen LogP contribution in [0.15, 0.2) is 36.4 Å². The second-order valence-corrected chi connectivity index (χ2v) is 4.25. The molecule has 0 saturated carbocycles. The van der Waals surface area contributed by atoms with Crippen LogP contribution >= 0.6 is 11.6 Å². The van der Waals surface area contributed by atoms with Gasteiger partial charge >= 0.3 is 0 Å². The Kier molecular flexibility index (Phi) is 3.43. The summed E-state index contributed by atoms with van der Waals surface area (Å²) in [6, 6.07) is 8.28. The van der Waals surface area contributed by atoms with Gasteiger partial charge in [0.25, 0.3) is 0 Å². The zero-order chi connectivity index (χ0) is 13.3. The number of rotatable bonds is 2. The number of ketones is 1. The Morgan fingerprint density at radius 2 is 1.67 bits per heavy atom. The second-order valence-electron chi connectivity index (χ2n) is 3.84. The number of carbonyl (C=O) groups is 1. The zero-order valence-electron chi connectivity index (χ0n) is 9.51. The molecule has 2 rings (SSSR count). The lowest BCUT2D eigenvalue weighted by molar-refractivity contribution is 0.103. The van der Waals surface area contributed by atoms with Gasteiger partial charge in [-0.15, -0.1) is 0 Å². The van der Waals surface area contributed by atoms with Gasteiger partial charge in [0, 0.05) is 10.6 Å². The number of hydrogen-bond donors (Lipinski definition) is 0. The van der Waals surface area contributed by atoms with E-state index in [-0.39, 0.29) is 11.1 Å². The molecule has 0 unspecified atom stereocenters. The van der Waals surface area contributed by atoms with Gasteiger partial charge in [0.05, 0.1) is 5.56 Å². The van der Waals surface area contributed by atoms with E-state index < -0.39 is 17.4 Å². The third kappa shape index (κ3) is 2.14. The predicted molar refractivity (Wildman–Crippen MR) is 66.0 cm³/mol. The van der Waals surface area contributed by atoms with Crippen LogP contribution in [0.1, 0.15) is 21.5 Å². The maximum absolute atomic E-state index is 13.5. The molecule has 2 aromatic carbocycles. The topological polar surface area (TPSA) is 17.1 Å². The Morgan fingerprint density at radius 1 is 1.06 bits per heavy atom. The van der Waals surface area contributed by atoms with E-state index in [9.17, 15) is 13.6 Å². The second kappa shape index (κ2) is 4.86. The van der Waals surface area contributed by atoms with E-state index in [1.54, 1.807) is 19.1 Å². The standard InChI is InChI=1S/C14H9ClF2O/c1-8-9(4-2-6-11(8)15)14(18)10-5-3-7-12(16)13(10)17/h2-7H,1H3. The van der Waals surface area contributed by atoms with Crippen molar-refractivity contribution in [2.24, 2.45) is 0 Å². The van der Waals surface area contributed by atoms with Crippen molar-refractivity contribution in [1.82, 2.24) is 0 Å². The summed E-state index contributed by atoms with van der Waals surface area (Å²) in [5.41, 5.74) is 0.528. The van der Waals surface area contributed by atoms with Gasteiger partial charge in [-0.25, -0.2) is 8.78 Å². The number of hydrogen-bond acceptors (Lipinski definition) is 1. The first-order valence-electron chi connectivity index (χ1n) is 5.26. The number of halogens is 3. The van der Waals surface area contributed by atoms with Gasteiger partial charge < -0.3 is 0 Å². The summed E-state index contributed by atoms with van der Waals surface area (Å²) in [4.78, 5) is 12.1. The summed E-state index contributed by atoms with van der Waals surface area (Å²) in [6.45, 7) is 1.66. The lowest BCUT2D eigenvalue weighted by Gasteiger charge is -2.07. The summed E-state index contributed by atoms with van der Waals surface area (Å²) in [6.07, 6.45) is 0. The third-order valence-corrected chi connectivity index (χ3v) is 3.12. The molecule has 18 heavy (non-hydrogen) atoms. The Bertz CT molecular complexity index is 570. The van der Waals surface area contributed by atoms with Crippen LogP contribution in [-0.2, 0) is 0 Å². The molecule has 0 atom stereocenters. The average Bonchev–Trinajstić information content (AvgIpc) is 2.35. The number of benzene rings is 2. The zero-order valence-corrected chi connectivity index (χ0v) is 10.3.